The molecule has 0 fully saturated rings. The van der Waals surface area contributed by atoms with E-state index in [2.05, 4.69) is 53.3 Å². The first kappa shape index (κ1) is 17.8. The lowest BCUT2D eigenvalue weighted by Gasteiger charge is -2.24. The van der Waals surface area contributed by atoms with E-state index in [9.17, 15) is 5.11 Å². The Morgan fingerprint density at radius 3 is 2.23 bits per heavy atom. The lowest BCUT2D eigenvalue weighted by atomic mass is 9.97. The van der Waals surface area contributed by atoms with Crippen LogP contribution in [-0.2, 0) is 0 Å². The molecule has 2 aromatic carbocycles. The third-order valence-electron chi connectivity index (χ3n) is 4.56. The van der Waals surface area contributed by atoms with E-state index in [1.807, 2.05) is 36.4 Å². The van der Waals surface area contributed by atoms with Gasteiger partial charge in [-0.15, -0.1) is 0 Å². The van der Waals surface area contributed by atoms with Gasteiger partial charge in [-0.3, -0.25) is 0 Å². The van der Waals surface area contributed by atoms with Crippen LogP contribution in [-0.4, -0.2) is 23.2 Å². The fourth-order valence-corrected chi connectivity index (χ4v) is 3.13. The van der Waals surface area contributed by atoms with Gasteiger partial charge in [0.25, 0.3) is 0 Å². The molecule has 1 atom stereocenters. The minimum Gasteiger partial charge on any atom is -0.508 e. The van der Waals surface area contributed by atoms with Crippen molar-refractivity contribution in [2.75, 3.05) is 23.3 Å². The molecule has 0 aliphatic carbocycles. The number of nitrogens with zero attached hydrogens (tertiary/aromatic N) is 2. The topological polar surface area (TPSA) is 48.4 Å². The monoisotopic (exact) mass is 347 g/mol. The third-order valence-corrected chi connectivity index (χ3v) is 4.56. The van der Waals surface area contributed by atoms with Gasteiger partial charge in [0.05, 0.1) is 6.04 Å². The van der Waals surface area contributed by atoms with E-state index in [0.717, 1.165) is 30.0 Å². The number of aromatic nitrogens is 1. The van der Waals surface area contributed by atoms with Crippen LogP contribution in [0.4, 0.5) is 11.5 Å². The van der Waals surface area contributed by atoms with Crippen LogP contribution in [0.1, 0.15) is 31.0 Å². The predicted molar refractivity (Wildman–Crippen MR) is 108 cm³/mol. The summed E-state index contributed by atoms with van der Waals surface area (Å²) in [6.07, 6.45) is 1.76. The summed E-state index contributed by atoms with van der Waals surface area (Å²) in [5, 5.41) is 13.8. The number of phenols is 1. The quantitative estimate of drug-likeness (QED) is 0.642. The first-order valence-corrected chi connectivity index (χ1v) is 9.03. The molecule has 1 unspecified atom stereocenters. The van der Waals surface area contributed by atoms with Crippen molar-refractivity contribution >= 4 is 11.5 Å². The van der Waals surface area contributed by atoms with E-state index in [0.29, 0.717) is 0 Å². The molecule has 0 bridgehead atoms. The maximum atomic E-state index is 10.4. The van der Waals surface area contributed by atoms with Crippen LogP contribution in [0, 0.1) is 0 Å². The van der Waals surface area contributed by atoms with Crippen molar-refractivity contribution in [2.45, 2.75) is 19.9 Å². The maximum absolute atomic E-state index is 10.4. The molecule has 1 heterocycles. The summed E-state index contributed by atoms with van der Waals surface area (Å²) >= 11 is 0. The average molecular weight is 347 g/mol. The molecule has 0 saturated carbocycles. The highest BCUT2D eigenvalue weighted by Crippen LogP contribution is 2.32. The van der Waals surface area contributed by atoms with Gasteiger partial charge in [-0.2, -0.15) is 0 Å². The van der Waals surface area contributed by atoms with E-state index in [-0.39, 0.29) is 11.8 Å². The maximum Gasteiger partial charge on any atom is 0.126 e. The zero-order valence-corrected chi connectivity index (χ0v) is 15.3. The minimum atomic E-state index is -0.183. The molecule has 4 heteroatoms. The summed E-state index contributed by atoms with van der Waals surface area (Å²) in [5.41, 5.74) is 3.11. The molecule has 3 rings (SSSR count). The van der Waals surface area contributed by atoms with Gasteiger partial charge in [0.15, 0.2) is 0 Å². The van der Waals surface area contributed by atoms with Crippen LogP contribution in [0.2, 0.25) is 0 Å². The Balaban J connectivity index is 1.96. The Hall–Kier alpha value is -3.01. The first-order chi connectivity index (χ1) is 12.7. The number of anilines is 2. The van der Waals surface area contributed by atoms with Crippen LogP contribution in [0.15, 0.2) is 72.9 Å². The van der Waals surface area contributed by atoms with Gasteiger partial charge in [0, 0.05) is 30.5 Å². The average Bonchev–Trinajstić information content (AvgIpc) is 2.69. The van der Waals surface area contributed by atoms with E-state index >= 15 is 0 Å². The van der Waals surface area contributed by atoms with Crippen molar-refractivity contribution in [3.8, 4) is 5.75 Å². The van der Waals surface area contributed by atoms with Gasteiger partial charge < -0.3 is 15.3 Å². The van der Waals surface area contributed by atoms with Crippen molar-refractivity contribution in [3.63, 3.8) is 0 Å². The smallest absolute Gasteiger partial charge is 0.126 e. The number of rotatable bonds is 7. The fraction of sp³-hybridized carbons (Fsp3) is 0.227. The summed E-state index contributed by atoms with van der Waals surface area (Å²) in [6, 6.07) is 21.5. The summed E-state index contributed by atoms with van der Waals surface area (Å²) in [6.45, 7) is 6.27. The van der Waals surface area contributed by atoms with Crippen molar-refractivity contribution in [1.82, 2.24) is 4.98 Å². The minimum absolute atomic E-state index is 0.183. The van der Waals surface area contributed by atoms with Gasteiger partial charge in [-0.25, -0.2) is 4.98 Å². The molecule has 26 heavy (non-hydrogen) atoms. The number of pyridine rings is 1. The molecular formula is C22H25N3O. The Morgan fingerprint density at radius 2 is 1.62 bits per heavy atom. The number of benzene rings is 2. The van der Waals surface area contributed by atoms with Crippen LogP contribution in [0.25, 0.3) is 0 Å². The molecule has 0 radical (unpaired) electrons. The van der Waals surface area contributed by atoms with Gasteiger partial charge in [0.2, 0.25) is 0 Å². The molecular weight excluding hydrogens is 322 g/mol. The SMILES string of the molecule is CCN(CC)c1ccc(C(Nc2ccccn2)c2ccccc2O)cc1. The van der Waals surface area contributed by atoms with Gasteiger partial charge >= 0.3 is 0 Å². The first-order valence-electron chi connectivity index (χ1n) is 9.03. The zero-order chi connectivity index (χ0) is 18.4. The van der Waals surface area contributed by atoms with Gasteiger partial charge in [-0.1, -0.05) is 36.4 Å². The Morgan fingerprint density at radius 1 is 0.923 bits per heavy atom. The normalized spacial score (nSPS) is 11.8. The highest BCUT2D eigenvalue weighted by molar-refractivity contribution is 5.53. The molecule has 0 aliphatic rings. The number of hydrogen-bond donors (Lipinski definition) is 2. The van der Waals surface area contributed by atoms with Gasteiger partial charge in [-0.05, 0) is 49.7 Å². The third kappa shape index (κ3) is 3.97. The largest absolute Gasteiger partial charge is 0.508 e. The van der Waals surface area contributed by atoms with Crippen molar-refractivity contribution in [3.05, 3.63) is 84.1 Å². The Kier molecular flexibility index (Phi) is 5.74. The molecule has 134 valence electrons. The van der Waals surface area contributed by atoms with Crippen LogP contribution >= 0.6 is 0 Å². The number of hydrogen-bond acceptors (Lipinski definition) is 4. The van der Waals surface area contributed by atoms with Crippen molar-refractivity contribution in [2.24, 2.45) is 0 Å². The molecule has 0 aliphatic heterocycles. The Labute approximate surface area is 155 Å². The highest BCUT2D eigenvalue weighted by atomic mass is 16.3. The molecule has 3 aromatic rings. The van der Waals surface area contributed by atoms with Crippen molar-refractivity contribution in [1.29, 1.82) is 0 Å². The van der Waals surface area contributed by atoms with Crippen LogP contribution in [0.5, 0.6) is 5.75 Å². The van der Waals surface area contributed by atoms with E-state index < -0.39 is 0 Å². The number of phenolic OH excluding ortho intramolecular Hbond substituents is 1. The lowest BCUT2D eigenvalue weighted by Crippen LogP contribution is -2.21. The zero-order valence-electron chi connectivity index (χ0n) is 15.3. The molecule has 4 nitrogen and oxygen atoms in total. The molecule has 0 spiro atoms. The number of aromatic hydroxyl groups is 1. The van der Waals surface area contributed by atoms with Crippen LogP contribution in [0.3, 0.4) is 0 Å². The Bertz CT molecular complexity index is 814. The second-order valence-electron chi connectivity index (χ2n) is 6.11. The molecule has 0 amide bonds. The lowest BCUT2D eigenvalue weighted by molar-refractivity contribution is 0.466. The van der Waals surface area contributed by atoms with E-state index in [1.54, 1.807) is 12.3 Å². The standard InChI is InChI=1S/C22H25N3O/c1-3-25(4-2)18-14-12-17(13-15-18)22(19-9-5-6-10-20(19)26)24-21-11-7-8-16-23-21/h5-16,22,26H,3-4H2,1-2H3,(H,23,24). The van der Waals surface area contributed by atoms with Crippen molar-refractivity contribution < 1.29 is 5.11 Å². The van der Waals surface area contributed by atoms with Gasteiger partial charge in [0.1, 0.15) is 11.6 Å². The summed E-state index contributed by atoms with van der Waals surface area (Å²) in [7, 11) is 0. The second-order valence-corrected chi connectivity index (χ2v) is 6.11. The molecule has 2 N–H and O–H groups in total. The number of para-hydroxylation sites is 1. The summed E-state index contributed by atoms with van der Waals surface area (Å²) in [5.74, 6) is 1.04. The number of nitrogens with one attached hydrogen (secondary N) is 1. The van der Waals surface area contributed by atoms with E-state index in [1.165, 1.54) is 5.69 Å². The van der Waals surface area contributed by atoms with Crippen LogP contribution < -0.4 is 10.2 Å². The second kappa shape index (κ2) is 8.39. The fourth-order valence-electron chi connectivity index (χ4n) is 3.13. The molecule has 1 aromatic heterocycles. The van der Waals surface area contributed by atoms with E-state index in [4.69, 9.17) is 0 Å². The molecule has 0 saturated heterocycles. The summed E-state index contributed by atoms with van der Waals surface area (Å²) < 4.78 is 0. The summed E-state index contributed by atoms with van der Waals surface area (Å²) in [4.78, 5) is 6.68. The predicted octanol–water partition coefficient (Wildman–Crippen LogP) is 4.83. The highest BCUT2D eigenvalue weighted by Gasteiger charge is 2.18.